The fourth-order valence-corrected chi connectivity index (χ4v) is 1.90. The molecule has 0 heterocycles. The molecule has 7 heteroatoms. The van der Waals surface area contributed by atoms with E-state index in [4.69, 9.17) is 10.5 Å². The molecule has 1 saturated carbocycles. The van der Waals surface area contributed by atoms with Crippen LogP contribution in [0.4, 0.5) is 11.4 Å². The molecule has 4 N–H and O–H groups in total. The topological polar surface area (TPSA) is 93.4 Å². The summed E-state index contributed by atoms with van der Waals surface area (Å²) in [5.74, 6) is -0.141. The molecule has 1 aromatic rings. The summed E-state index contributed by atoms with van der Waals surface area (Å²) < 4.78 is 4.86. The molecular weight excluding hydrogens is 306 g/mol. The van der Waals surface area contributed by atoms with Gasteiger partial charge in [-0.1, -0.05) is 6.07 Å². The lowest BCUT2D eigenvalue weighted by molar-refractivity contribution is -0.118. The van der Waals surface area contributed by atoms with Gasteiger partial charge < -0.3 is 21.1 Å². The molecule has 1 aliphatic carbocycles. The van der Waals surface area contributed by atoms with Gasteiger partial charge in [-0.15, -0.1) is 12.4 Å². The molecule has 0 spiro atoms. The average Bonchev–Trinajstić information content (AvgIpc) is 3.27. The van der Waals surface area contributed by atoms with Crippen molar-refractivity contribution in [1.29, 1.82) is 0 Å². The van der Waals surface area contributed by atoms with Crippen LogP contribution in [0.25, 0.3) is 0 Å². The number of ether oxygens (including phenoxy) is 1. The second kappa shape index (κ2) is 8.12. The van der Waals surface area contributed by atoms with Crippen molar-refractivity contribution in [3.8, 4) is 0 Å². The Bertz CT molecular complexity index is 547. The summed E-state index contributed by atoms with van der Waals surface area (Å²) in [6, 6.07) is 4.69. The third-order valence-electron chi connectivity index (χ3n) is 3.39. The van der Waals surface area contributed by atoms with E-state index in [2.05, 4.69) is 10.6 Å². The minimum absolute atomic E-state index is 0. The van der Waals surface area contributed by atoms with Gasteiger partial charge in [-0.05, 0) is 37.5 Å². The molecular formula is C15H22ClN3O3. The number of anilines is 2. The highest BCUT2D eigenvalue weighted by molar-refractivity contribution is 5.98. The van der Waals surface area contributed by atoms with Gasteiger partial charge in [0, 0.05) is 24.4 Å². The van der Waals surface area contributed by atoms with E-state index in [9.17, 15) is 9.59 Å². The van der Waals surface area contributed by atoms with Crippen molar-refractivity contribution in [1.82, 2.24) is 0 Å². The fraction of sp³-hybridized carbons (Fsp3) is 0.467. The highest BCUT2D eigenvalue weighted by Gasteiger charge is 2.29. The zero-order valence-corrected chi connectivity index (χ0v) is 13.5. The van der Waals surface area contributed by atoms with Crippen LogP contribution in [0.3, 0.4) is 0 Å². The molecule has 0 aromatic heterocycles. The molecule has 0 radical (unpaired) electrons. The number of benzene rings is 1. The molecule has 2 rings (SSSR count). The summed E-state index contributed by atoms with van der Waals surface area (Å²) >= 11 is 0. The number of rotatable bonds is 6. The maximum atomic E-state index is 11.9. The van der Waals surface area contributed by atoms with E-state index in [1.54, 1.807) is 6.07 Å². The third kappa shape index (κ3) is 4.98. The highest BCUT2D eigenvalue weighted by Crippen LogP contribution is 2.30. The monoisotopic (exact) mass is 327 g/mol. The molecule has 0 bridgehead atoms. The first-order valence-electron chi connectivity index (χ1n) is 6.98. The number of hydrogen-bond acceptors (Lipinski definition) is 4. The molecule has 1 atom stereocenters. The van der Waals surface area contributed by atoms with Crippen LogP contribution in [0, 0.1) is 12.8 Å². The van der Waals surface area contributed by atoms with Gasteiger partial charge >= 0.3 is 0 Å². The fourth-order valence-electron chi connectivity index (χ4n) is 1.90. The maximum Gasteiger partial charge on any atom is 0.243 e. The molecule has 6 nitrogen and oxygen atoms in total. The first-order valence-corrected chi connectivity index (χ1v) is 6.98. The Morgan fingerprint density at radius 1 is 1.36 bits per heavy atom. The lowest BCUT2D eigenvalue weighted by Gasteiger charge is -2.14. The van der Waals surface area contributed by atoms with Crippen LogP contribution < -0.4 is 16.4 Å². The van der Waals surface area contributed by atoms with E-state index in [1.807, 2.05) is 19.1 Å². The number of methoxy groups -OCH3 is 1. The Morgan fingerprint density at radius 3 is 2.64 bits per heavy atom. The molecule has 1 aromatic carbocycles. The predicted molar refractivity (Wildman–Crippen MR) is 88.3 cm³/mol. The highest BCUT2D eigenvalue weighted by atomic mass is 35.5. The standard InChI is InChI=1S/C15H21N3O3.ClH/c1-9-3-6-11(17-14(19)10-4-5-10)7-13(9)18-15(20)12(16)8-21-2;/h3,6-7,10,12H,4-5,8,16H2,1-2H3,(H,17,19)(H,18,20);1H. The van der Waals surface area contributed by atoms with Gasteiger partial charge in [0.25, 0.3) is 0 Å². The number of carbonyl (C=O) groups is 2. The van der Waals surface area contributed by atoms with Gasteiger partial charge in [0.2, 0.25) is 11.8 Å². The lowest BCUT2D eigenvalue weighted by Crippen LogP contribution is -2.39. The number of hydrogen-bond donors (Lipinski definition) is 3. The van der Waals surface area contributed by atoms with Crippen LogP contribution in [0.2, 0.25) is 0 Å². The van der Waals surface area contributed by atoms with Crippen molar-refractivity contribution < 1.29 is 14.3 Å². The molecule has 1 unspecified atom stereocenters. The normalized spacial score (nSPS) is 14.7. The van der Waals surface area contributed by atoms with Gasteiger partial charge in [-0.2, -0.15) is 0 Å². The number of amides is 2. The van der Waals surface area contributed by atoms with Gasteiger partial charge in [-0.25, -0.2) is 0 Å². The van der Waals surface area contributed by atoms with Crippen LogP contribution in [-0.4, -0.2) is 31.6 Å². The molecule has 0 aliphatic heterocycles. The Balaban J connectivity index is 0.00000242. The molecule has 2 amide bonds. The zero-order valence-electron chi connectivity index (χ0n) is 12.7. The average molecular weight is 328 g/mol. The predicted octanol–water partition coefficient (Wildman–Crippen LogP) is 1.68. The summed E-state index contributed by atoms with van der Waals surface area (Å²) in [4.78, 5) is 23.7. The van der Waals surface area contributed by atoms with Gasteiger partial charge in [-0.3, -0.25) is 9.59 Å². The van der Waals surface area contributed by atoms with Crippen molar-refractivity contribution in [2.24, 2.45) is 11.7 Å². The first-order chi connectivity index (χ1) is 10.0. The minimum atomic E-state index is -0.723. The van der Waals surface area contributed by atoms with Crippen LogP contribution in [0.1, 0.15) is 18.4 Å². The quantitative estimate of drug-likeness (QED) is 0.741. The third-order valence-corrected chi connectivity index (χ3v) is 3.39. The number of carbonyl (C=O) groups excluding carboxylic acids is 2. The molecule has 22 heavy (non-hydrogen) atoms. The number of halogens is 1. The second-order valence-corrected chi connectivity index (χ2v) is 5.34. The Labute approximate surface area is 136 Å². The summed E-state index contributed by atoms with van der Waals surface area (Å²) in [5.41, 5.74) is 7.90. The molecule has 1 fully saturated rings. The van der Waals surface area contributed by atoms with Crippen LogP contribution in [-0.2, 0) is 14.3 Å². The Hall–Kier alpha value is -1.63. The second-order valence-electron chi connectivity index (χ2n) is 5.34. The molecule has 0 saturated heterocycles. The first kappa shape index (κ1) is 18.4. The van der Waals surface area contributed by atoms with E-state index >= 15 is 0 Å². The van der Waals surface area contributed by atoms with Crippen molar-refractivity contribution in [3.63, 3.8) is 0 Å². The van der Waals surface area contributed by atoms with Crippen LogP contribution in [0.15, 0.2) is 18.2 Å². The van der Waals surface area contributed by atoms with Gasteiger partial charge in [0.05, 0.1) is 6.61 Å². The summed E-state index contributed by atoms with van der Waals surface area (Å²) in [7, 11) is 1.49. The maximum absolute atomic E-state index is 11.9. The van der Waals surface area contributed by atoms with Gasteiger partial charge in [0.1, 0.15) is 6.04 Å². The van der Waals surface area contributed by atoms with Crippen LogP contribution in [0.5, 0.6) is 0 Å². The summed E-state index contributed by atoms with van der Waals surface area (Å²) in [6.07, 6.45) is 1.90. The smallest absolute Gasteiger partial charge is 0.243 e. The lowest BCUT2D eigenvalue weighted by atomic mass is 10.1. The van der Waals surface area contributed by atoms with E-state index in [0.29, 0.717) is 11.4 Å². The largest absolute Gasteiger partial charge is 0.383 e. The molecule has 122 valence electrons. The van der Waals surface area contributed by atoms with Crippen molar-refractivity contribution in [3.05, 3.63) is 23.8 Å². The van der Waals surface area contributed by atoms with Gasteiger partial charge in [0.15, 0.2) is 0 Å². The van der Waals surface area contributed by atoms with Crippen LogP contribution >= 0.6 is 12.4 Å². The van der Waals surface area contributed by atoms with Crippen molar-refractivity contribution >= 4 is 35.6 Å². The summed E-state index contributed by atoms with van der Waals surface area (Å²) in [5, 5.41) is 5.61. The minimum Gasteiger partial charge on any atom is -0.383 e. The summed E-state index contributed by atoms with van der Waals surface area (Å²) in [6.45, 7) is 2.03. The zero-order chi connectivity index (χ0) is 15.4. The Kier molecular flexibility index (Phi) is 6.80. The number of nitrogens with one attached hydrogen (secondary N) is 2. The SMILES string of the molecule is COCC(N)C(=O)Nc1cc(NC(=O)C2CC2)ccc1C.Cl. The van der Waals surface area contributed by atoms with E-state index < -0.39 is 6.04 Å². The van der Waals surface area contributed by atoms with E-state index in [0.717, 1.165) is 18.4 Å². The van der Waals surface area contributed by atoms with E-state index in [1.165, 1.54) is 7.11 Å². The van der Waals surface area contributed by atoms with Crippen molar-refractivity contribution in [2.75, 3.05) is 24.4 Å². The van der Waals surface area contributed by atoms with E-state index in [-0.39, 0.29) is 36.7 Å². The Morgan fingerprint density at radius 2 is 2.05 bits per heavy atom. The number of nitrogens with two attached hydrogens (primary N) is 1. The molecule has 1 aliphatic rings. The van der Waals surface area contributed by atoms with Crippen molar-refractivity contribution in [2.45, 2.75) is 25.8 Å². The number of aryl methyl sites for hydroxylation is 1.